The highest BCUT2D eigenvalue weighted by atomic mass is 32.2. The first-order valence-corrected chi connectivity index (χ1v) is 5.87. The van der Waals surface area contributed by atoms with Gasteiger partial charge in [-0.1, -0.05) is 25.1 Å². The summed E-state index contributed by atoms with van der Waals surface area (Å²) in [5.74, 6) is 1.17. The summed E-state index contributed by atoms with van der Waals surface area (Å²) in [7, 11) is 0. The lowest BCUT2D eigenvalue weighted by molar-refractivity contribution is 1.10. The van der Waals surface area contributed by atoms with Crippen LogP contribution in [0.2, 0.25) is 0 Å². The Bertz CT molecular complexity index is 420. The summed E-state index contributed by atoms with van der Waals surface area (Å²) in [6.07, 6.45) is 3.10. The van der Waals surface area contributed by atoms with Gasteiger partial charge in [-0.2, -0.15) is 0 Å². The average Bonchev–Trinajstić information content (AvgIpc) is 2.26. The molecule has 2 aromatic rings. The summed E-state index contributed by atoms with van der Waals surface area (Å²) in [6, 6.07) is 10.4. The minimum absolute atomic E-state index is 1.09. The molecular weight excluding hydrogens is 190 g/mol. The van der Waals surface area contributed by atoms with Crippen LogP contribution in [-0.2, 0) is 0 Å². The summed E-state index contributed by atoms with van der Waals surface area (Å²) >= 11 is 1.91. The number of hydrogen-bond donors (Lipinski definition) is 0. The topological polar surface area (TPSA) is 12.9 Å². The van der Waals surface area contributed by atoms with Crippen molar-refractivity contribution in [2.75, 3.05) is 5.75 Å². The molecule has 0 radical (unpaired) electrons. The molecule has 0 bridgehead atoms. The van der Waals surface area contributed by atoms with E-state index in [2.05, 4.69) is 36.2 Å². The fourth-order valence-electron chi connectivity index (χ4n) is 1.41. The maximum Gasteiger partial charge on any atom is 0.0713 e. The quantitative estimate of drug-likeness (QED) is 0.705. The van der Waals surface area contributed by atoms with Gasteiger partial charge in [0.15, 0.2) is 0 Å². The molecule has 0 saturated carbocycles. The standard InChI is InChI=1S/C12H13NS/c1-2-9-14-12-7-8-13-11-6-4-3-5-10(11)12/h3-8H,2,9H2,1H3. The summed E-state index contributed by atoms with van der Waals surface area (Å²) in [6.45, 7) is 2.20. The zero-order valence-corrected chi connectivity index (χ0v) is 9.05. The third-order valence-corrected chi connectivity index (χ3v) is 3.35. The van der Waals surface area contributed by atoms with Crippen LogP contribution in [0.1, 0.15) is 13.3 Å². The zero-order chi connectivity index (χ0) is 9.80. The molecule has 0 unspecified atom stereocenters. The molecule has 0 N–H and O–H groups in total. The first kappa shape index (κ1) is 9.53. The molecule has 1 nitrogen and oxygen atoms in total. The van der Waals surface area contributed by atoms with Crippen LogP contribution in [0.25, 0.3) is 10.9 Å². The number of fused-ring (bicyclic) bond motifs is 1. The van der Waals surface area contributed by atoms with Gasteiger partial charge in [-0.3, -0.25) is 4.98 Å². The predicted octanol–water partition coefficient (Wildman–Crippen LogP) is 3.74. The van der Waals surface area contributed by atoms with Crippen molar-refractivity contribution in [3.05, 3.63) is 36.5 Å². The Balaban J connectivity index is 2.43. The normalized spacial score (nSPS) is 10.6. The molecule has 0 aliphatic carbocycles. The molecule has 0 atom stereocenters. The van der Waals surface area contributed by atoms with Crippen LogP contribution in [-0.4, -0.2) is 10.7 Å². The number of nitrogens with zero attached hydrogens (tertiary/aromatic N) is 1. The molecule has 0 saturated heterocycles. The van der Waals surface area contributed by atoms with Crippen molar-refractivity contribution in [3.63, 3.8) is 0 Å². The van der Waals surface area contributed by atoms with Crippen LogP contribution in [0.4, 0.5) is 0 Å². The fraction of sp³-hybridized carbons (Fsp3) is 0.250. The molecule has 1 aromatic heterocycles. The summed E-state index contributed by atoms with van der Waals surface area (Å²) in [5, 5.41) is 1.27. The van der Waals surface area contributed by atoms with Crippen LogP contribution in [0, 0.1) is 0 Å². The second-order valence-electron chi connectivity index (χ2n) is 3.17. The van der Waals surface area contributed by atoms with Crippen molar-refractivity contribution in [1.29, 1.82) is 0 Å². The molecule has 2 heteroatoms. The third kappa shape index (κ3) is 1.90. The van der Waals surface area contributed by atoms with E-state index in [0.717, 1.165) is 5.52 Å². The number of rotatable bonds is 3. The van der Waals surface area contributed by atoms with E-state index in [0.29, 0.717) is 0 Å². The number of aromatic nitrogens is 1. The molecule has 0 aliphatic rings. The summed E-state index contributed by atoms with van der Waals surface area (Å²) < 4.78 is 0. The Morgan fingerprint density at radius 2 is 2.07 bits per heavy atom. The molecule has 1 aromatic carbocycles. The number of hydrogen-bond acceptors (Lipinski definition) is 2. The van der Waals surface area contributed by atoms with E-state index in [1.807, 2.05) is 24.0 Å². The summed E-state index contributed by atoms with van der Waals surface area (Å²) in [5.41, 5.74) is 1.09. The van der Waals surface area contributed by atoms with Gasteiger partial charge in [0.2, 0.25) is 0 Å². The van der Waals surface area contributed by atoms with Gasteiger partial charge >= 0.3 is 0 Å². The molecule has 14 heavy (non-hydrogen) atoms. The summed E-state index contributed by atoms with van der Waals surface area (Å²) in [4.78, 5) is 5.68. The van der Waals surface area contributed by atoms with E-state index in [1.165, 1.54) is 22.5 Å². The smallest absolute Gasteiger partial charge is 0.0713 e. The highest BCUT2D eigenvalue weighted by Crippen LogP contribution is 2.26. The highest BCUT2D eigenvalue weighted by Gasteiger charge is 2.00. The lowest BCUT2D eigenvalue weighted by Gasteiger charge is -2.03. The Morgan fingerprint density at radius 1 is 1.21 bits per heavy atom. The van der Waals surface area contributed by atoms with Gasteiger partial charge in [0.25, 0.3) is 0 Å². The molecular formula is C12H13NS. The first-order chi connectivity index (χ1) is 6.92. The van der Waals surface area contributed by atoms with Crippen molar-refractivity contribution in [2.45, 2.75) is 18.2 Å². The van der Waals surface area contributed by atoms with Crippen molar-refractivity contribution in [3.8, 4) is 0 Å². The van der Waals surface area contributed by atoms with Gasteiger partial charge < -0.3 is 0 Å². The van der Waals surface area contributed by atoms with Crippen molar-refractivity contribution in [2.24, 2.45) is 0 Å². The zero-order valence-electron chi connectivity index (χ0n) is 8.23. The Kier molecular flexibility index (Phi) is 3.04. The average molecular weight is 203 g/mol. The second-order valence-corrected chi connectivity index (χ2v) is 4.31. The molecule has 1 heterocycles. The van der Waals surface area contributed by atoms with Crippen LogP contribution in [0.15, 0.2) is 41.4 Å². The van der Waals surface area contributed by atoms with Crippen molar-refractivity contribution in [1.82, 2.24) is 4.98 Å². The van der Waals surface area contributed by atoms with E-state index in [4.69, 9.17) is 0 Å². The number of para-hydroxylation sites is 1. The Labute approximate surface area is 88.6 Å². The van der Waals surface area contributed by atoms with Crippen LogP contribution < -0.4 is 0 Å². The van der Waals surface area contributed by atoms with Gasteiger partial charge in [0.1, 0.15) is 0 Å². The maximum absolute atomic E-state index is 4.34. The number of pyridine rings is 1. The molecule has 0 aliphatic heterocycles. The first-order valence-electron chi connectivity index (χ1n) is 4.88. The lowest BCUT2D eigenvalue weighted by atomic mass is 10.2. The van der Waals surface area contributed by atoms with Crippen molar-refractivity contribution >= 4 is 22.7 Å². The molecule has 0 amide bonds. The fourth-order valence-corrected chi connectivity index (χ4v) is 2.32. The SMILES string of the molecule is CCCSc1ccnc2ccccc12. The second kappa shape index (κ2) is 4.47. The monoisotopic (exact) mass is 203 g/mol. The van der Waals surface area contributed by atoms with Gasteiger partial charge in [-0.25, -0.2) is 0 Å². The minimum atomic E-state index is 1.09. The van der Waals surface area contributed by atoms with Crippen LogP contribution in [0.5, 0.6) is 0 Å². The predicted molar refractivity (Wildman–Crippen MR) is 62.8 cm³/mol. The highest BCUT2D eigenvalue weighted by molar-refractivity contribution is 7.99. The lowest BCUT2D eigenvalue weighted by Crippen LogP contribution is -1.82. The Morgan fingerprint density at radius 3 is 2.93 bits per heavy atom. The van der Waals surface area contributed by atoms with Gasteiger partial charge in [0, 0.05) is 16.5 Å². The maximum atomic E-state index is 4.34. The van der Waals surface area contributed by atoms with Crippen LogP contribution >= 0.6 is 11.8 Å². The number of thioether (sulfide) groups is 1. The number of benzene rings is 1. The molecule has 72 valence electrons. The molecule has 0 fully saturated rings. The third-order valence-electron chi connectivity index (χ3n) is 2.07. The van der Waals surface area contributed by atoms with E-state index in [1.54, 1.807) is 0 Å². The van der Waals surface area contributed by atoms with Gasteiger partial charge in [0.05, 0.1) is 5.52 Å². The largest absolute Gasteiger partial charge is 0.256 e. The van der Waals surface area contributed by atoms with Gasteiger partial charge in [-0.15, -0.1) is 11.8 Å². The van der Waals surface area contributed by atoms with Crippen molar-refractivity contribution < 1.29 is 0 Å². The minimum Gasteiger partial charge on any atom is -0.256 e. The molecule has 2 rings (SSSR count). The Hall–Kier alpha value is -1.02. The van der Waals surface area contributed by atoms with Crippen LogP contribution in [0.3, 0.4) is 0 Å². The van der Waals surface area contributed by atoms with E-state index >= 15 is 0 Å². The molecule has 0 spiro atoms. The van der Waals surface area contributed by atoms with E-state index in [9.17, 15) is 0 Å². The van der Waals surface area contributed by atoms with E-state index < -0.39 is 0 Å². The van der Waals surface area contributed by atoms with E-state index in [-0.39, 0.29) is 0 Å². The van der Waals surface area contributed by atoms with Gasteiger partial charge in [-0.05, 0) is 24.3 Å².